The van der Waals surface area contributed by atoms with E-state index in [2.05, 4.69) is 4.74 Å². The number of rotatable bonds is 3. The third kappa shape index (κ3) is 3.65. The molecule has 2 N–H and O–H groups in total. The summed E-state index contributed by atoms with van der Waals surface area (Å²) in [4.78, 5) is 10.7. The summed E-state index contributed by atoms with van der Waals surface area (Å²) >= 11 is 0. The number of esters is 1. The van der Waals surface area contributed by atoms with Gasteiger partial charge in [-0.2, -0.15) is 8.42 Å². The molecule has 0 saturated heterocycles. The van der Waals surface area contributed by atoms with Crippen molar-refractivity contribution in [2.75, 3.05) is 12.9 Å². The van der Waals surface area contributed by atoms with E-state index in [9.17, 15) is 13.2 Å². The molecule has 0 heterocycles. The van der Waals surface area contributed by atoms with Gasteiger partial charge >= 0.3 is 5.97 Å². The Bertz CT molecular complexity index is 264. The van der Waals surface area contributed by atoms with E-state index in [4.69, 9.17) is 9.66 Å². The van der Waals surface area contributed by atoms with Crippen LogP contribution in [-0.2, 0) is 19.6 Å². The minimum absolute atomic E-state index is 0.937. The van der Waals surface area contributed by atoms with Crippen LogP contribution in [0.15, 0.2) is 0 Å². The lowest BCUT2D eigenvalue weighted by Gasteiger charge is -2.17. The van der Waals surface area contributed by atoms with E-state index >= 15 is 0 Å². The molecule has 72 valence electrons. The van der Waals surface area contributed by atoms with Crippen LogP contribution in [0.5, 0.6) is 0 Å². The molecule has 0 bridgehead atoms. The monoisotopic (exact) mass is 198 g/mol. The minimum atomic E-state index is -4.39. The van der Waals surface area contributed by atoms with Crippen LogP contribution in [-0.4, -0.2) is 42.5 Å². The van der Waals surface area contributed by atoms with E-state index in [0.717, 1.165) is 14.0 Å². The van der Waals surface area contributed by atoms with Crippen molar-refractivity contribution in [2.45, 2.75) is 12.5 Å². The first-order valence-electron chi connectivity index (χ1n) is 2.95. The van der Waals surface area contributed by atoms with Crippen LogP contribution < -0.4 is 0 Å². The van der Waals surface area contributed by atoms with Crippen LogP contribution in [0.3, 0.4) is 0 Å². The molecule has 0 aromatic carbocycles. The van der Waals surface area contributed by atoms with E-state index in [1.807, 2.05) is 0 Å². The maximum atomic E-state index is 10.7. The Kier molecular flexibility index (Phi) is 3.19. The summed E-state index contributed by atoms with van der Waals surface area (Å²) in [6.07, 6.45) is 0. The van der Waals surface area contributed by atoms with Crippen molar-refractivity contribution in [2.24, 2.45) is 0 Å². The molecule has 0 aromatic rings. The fourth-order valence-electron chi connectivity index (χ4n) is 0.634. The zero-order valence-electron chi connectivity index (χ0n) is 6.64. The summed E-state index contributed by atoms with van der Waals surface area (Å²) in [6.45, 7) is 0.937. The Morgan fingerprint density at radius 1 is 1.58 bits per heavy atom. The highest BCUT2D eigenvalue weighted by atomic mass is 32.2. The Hall–Kier alpha value is -0.660. The number of ether oxygens (including phenoxy) is 1. The van der Waals surface area contributed by atoms with Crippen LogP contribution in [0.4, 0.5) is 0 Å². The smallest absolute Gasteiger partial charge is 0.338 e. The number of hydrogen-bond acceptors (Lipinski definition) is 5. The van der Waals surface area contributed by atoms with Gasteiger partial charge in [0.1, 0.15) is 5.75 Å². The number of aliphatic hydroxyl groups is 1. The van der Waals surface area contributed by atoms with E-state index in [1.165, 1.54) is 0 Å². The topological polar surface area (TPSA) is 101 Å². The second-order valence-corrected chi connectivity index (χ2v) is 3.94. The summed E-state index contributed by atoms with van der Waals surface area (Å²) in [5.74, 6) is -2.19. The first kappa shape index (κ1) is 11.3. The SMILES string of the molecule is COC(=O)C(C)(O)CS(=O)(=O)O. The van der Waals surface area contributed by atoms with Crippen LogP contribution in [0.1, 0.15) is 6.92 Å². The number of methoxy groups -OCH3 is 1. The molecule has 0 fully saturated rings. The third-order valence-corrected chi connectivity index (χ3v) is 2.02. The van der Waals surface area contributed by atoms with Gasteiger partial charge in [-0.1, -0.05) is 0 Å². The molecule has 7 heteroatoms. The summed E-state index contributed by atoms with van der Waals surface area (Å²) in [7, 11) is -3.39. The van der Waals surface area contributed by atoms with Gasteiger partial charge in [-0.25, -0.2) is 4.79 Å². The van der Waals surface area contributed by atoms with Gasteiger partial charge in [-0.15, -0.1) is 0 Å². The van der Waals surface area contributed by atoms with Crippen molar-refractivity contribution >= 4 is 16.1 Å². The number of hydrogen-bond donors (Lipinski definition) is 2. The molecule has 1 unspecified atom stereocenters. The Labute approximate surface area is 69.9 Å². The maximum absolute atomic E-state index is 10.7. The van der Waals surface area contributed by atoms with Crippen molar-refractivity contribution in [3.05, 3.63) is 0 Å². The van der Waals surface area contributed by atoms with Crippen molar-refractivity contribution in [1.82, 2.24) is 0 Å². The quantitative estimate of drug-likeness (QED) is 0.436. The summed E-state index contributed by atoms with van der Waals surface area (Å²) in [5.41, 5.74) is -2.21. The highest BCUT2D eigenvalue weighted by molar-refractivity contribution is 7.85. The average molecular weight is 198 g/mol. The molecule has 0 saturated carbocycles. The minimum Gasteiger partial charge on any atom is -0.467 e. The summed E-state index contributed by atoms with van der Waals surface area (Å²) in [6, 6.07) is 0. The normalized spacial score (nSPS) is 16.7. The van der Waals surface area contributed by atoms with Crippen molar-refractivity contribution in [3.63, 3.8) is 0 Å². The fraction of sp³-hybridized carbons (Fsp3) is 0.800. The molecule has 0 radical (unpaired) electrons. The van der Waals surface area contributed by atoms with Gasteiger partial charge in [-0.05, 0) is 6.92 Å². The van der Waals surface area contributed by atoms with Gasteiger partial charge in [0.15, 0.2) is 5.60 Å². The Morgan fingerprint density at radius 3 is 2.25 bits per heavy atom. The molecule has 1 atom stereocenters. The molecular formula is C5H10O6S. The molecular weight excluding hydrogens is 188 g/mol. The van der Waals surface area contributed by atoms with Crippen molar-refractivity contribution in [3.8, 4) is 0 Å². The van der Waals surface area contributed by atoms with E-state index < -0.39 is 27.4 Å². The third-order valence-electron chi connectivity index (χ3n) is 1.09. The molecule has 0 aliphatic carbocycles. The predicted molar refractivity (Wildman–Crippen MR) is 39.1 cm³/mol. The molecule has 0 amide bonds. The molecule has 6 nitrogen and oxygen atoms in total. The molecule has 0 aromatic heterocycles. The van der Waals surface area contributed by atoms with Gasteiger partial charge in [0.05, 0.1) is 7.11 Å². The van der Waals surface area contributed by atoms with Gasteiger partial charge in [0.25, 0.3) is 10.1 Å². The predicted octanol–water partition coefficient (Wildman–Crippen LogP) is -1.20. The molecule has 0 spiro atoms. The van der Waals surface area contributed by atoms with E-state index in [-0.39, 0.29) is 0 Å². The summed E-state index contributed by atoms with van der Waals surface area (Å²) in [5, 5.41) is 9.10. The fourth-order valence-corrected chi connectivity index (χ4v) is 1.46. The number of carbonyl (C=O) groups excluding carboxylic acids is 1. The zero-order chi connectivity index (χ0) is 9.99. The largest absolute Gasteiger partial charge is 0.467 e. The van der Waals surface area contributed by atoms with Gasteiger partial charge in [0.2, 0.25) is 0 Å². The van der Waals surface area contributed by atoms with E-state index in [1.54, 1.807) is 0 Å². The van der Waals surface area contributed by atoms with Crippen LogP contribution in [0.25, 0.3) is 0 Å². The van der Waals surface area contributed by atoms with Crippen LogP contribution in [0.2, 0.25) is 0 Å². The van der Waals surface area contributed by atoms with E-state index in [0.29, 0.717) is 0 Å². The average Bonchev–Trinajstić information content (AvgIpc) is 1.80. The standard InChI is InChI=1S/C5H10O6S/c1-5(7,4(6)11-2)3-12(8,9)10/h7H,3H2,1-2H3,(H,8,9,10). The van der Waals surface area contributed by atoms with Crippen molar-refractivity contribution < 1.29 is 27.6 Å². The first-order chi connectivity index (χ1) is 5.19. The lowest BCUT2D eigenvalue weighted by atomic mass is 10.1. The molecule has 12 heavy (non-hydrogen) atoms. The molecule has 0 aliphatic rings. The zero-order valence-corrected chi connectivity index (χ0v) is 7.46. The summed E-state index contributed by atoms with van der Waals surface area (Å²) < 4.78 is 32.9. The van der Waals surface area contributed by atoms with Gasteiger partial charge < -0.3 is 9.84 Å². The van der Waals surface area contributed by atoms with Gasteiger partial charge in [0, 0.05) is 0 Å². The lowest BCUT2D eigenvalue weighted by molar-refractivity contribution is -0.158. The van der Waals surface area contributed by atoms with Crippen molar-refractivity contribution in [1.29, 1.82) is 0 Å². The second kappa shape index (κ2) is 3.38. The number of carbonyl (C=O) groups is 1. The first-order valence-corrected chi connectivity index (χ1v) is 4.56. The highest BCUT2D eigenvalue weighted by Crippen LogP contribution is 2.08. The Morgan fingerprint density at radius 2 is 2.00 bits per heavy atom. The second-order valence-electron chi connectivity index (χ2n) is 2.49. The maximum Gasteiger partial charge on any atom is 0.338 e. The molecule has 0 aliphatic heterocycles. The highest BCUT2D eigenvalue weighted by Gasteiger charge is 2.36. The lowest BCUT2D eigenvalue weighted by Crippen LogP contribution is -2.42. The van der Waals surface area contributed by atoms with Gasteiger partial charge in [-0.3, -0.25) is 4.55 Å². The molecule has 0 rings (SSSR count). The van der Waals surface area contributed by atoms with Crippen LogP contribution in [0, 0.1) is 0 Å². The van der Waals surface area contributed by atoms with Crippen LogP contribution >= 0.6 is 0 Å². The Balaban J connectivity index is 4.54.